The van der Waals surface area contributed by atoms with Crippen molar-refractivity contribution in [2.24, 2.45) is 0 Å². The van der Waals surface area contributed by atoms with Crippen molar-refractivity contribution in [2.45, 2.75) is 42.2 Å². The normalized spacial score (nSPS) is 13.5. The highest BCUT2D eigenvalue weighted by molar-refractivity contribution is 14.1. The molecule has 3 aromatic rings. The predicted molar refractivity (Wildman–Crippen MR) is 139 cm³/mol. The minimum Gasteiger partial charge on any atom is -0.306 e. The highest BCUT2D eigenvalue weighted by Crippen LogP contribution is 2.30. The Morgan fingerprint density at radius 2 is 1.69 bits per heavy atom. The molecule has 3 rings (SSSR count). The first-order chi connectivity index (χ1) is 15.5. The lowest BCUT2D eigenvalue weighted by molar-refractivity contribution is 0.401. The topological polar surface area (TPSA) is 59.6 Å². The summed E-state index contributed by atoms with van der Waals surface area (Å²) in [5.41, 5.74) is 5.24. The van der Waals surface area contributed by atoms with E-state index < -0.39 is 0 Å². The molecule has 3 nitrogen and oxygen atoms in total. The second kappa shape index (κ2) is 12.0. The third kappa shape index (κ3) is 6.33. The zero-order valence-corrected chi connectivity index (χ0v) is 20.8. The fourth-order valence-electron chi connectivity index (χ4n) is 3.98. The standard InChI is InChI=1S/C27H25ClIN3/c1-19(32-27(13-14-30)24-7-2-3-8-26(24)28)25(23-6-4-5-22(15-23)18-31)16-20-9-11-21(17-29)12-10-20/h2-12,15,19,25,27,32H,13,16-17H2,1H3/t19-,25+,27?/m0/s1. The van der Waals surface area contributed by atoms with Gasteiger partial charge in [-0.15, -0.1) is 0 Å². The van der Waals surface area contributed by atoms with E-state index in [0.29, 0.717) is 17.0 Å². The van der Waals surface area contributed by atoms with E-state index in [1.54, 1.807) is 0 Å². The molecule has 32 heavy (non-hydrogen) atoms. The maximum Gasteiger partial charge on any atom is 0.0991 e. The Kier molecular flexibility index (Phi) is 9.11. The molecular formula is C27H25ClIN3. The Labute approximate surface area is 209 Å². The van der Waals surface area contributed by atoms with Crippen LogP contribution in [-0.2, 0) is 10.8 Å². The first-order valence-electron chi connectivity index (χ1n) is 10.6. The van der Waals surface area contributed by atoms with Gasteiger partial charge in [0.05, 0.1) is 24.1 Å². The van der Waals surface area contributed by atoms with Gasteiger partial charge < -0.3 is 5.32 Å². The molecule has 0 bridgehead atoms. The van der Waals surface area contributed by atoms with Crippen molar-refractivity contribution in [3.05, 3.63) is 106 Å². The molecule has 162 valence electrons. The van der Waals surface area contributed by atoms with Crippen LogP contribution in [0.3, 0.4) is 0 Å². The Balaban J connectivity index is 1.92. The van der Waals surface area contributed by atoms with E-state index in [1.807, 2.05) is 42.5 Å². The smallest absolute Gasteiger partial charge is 0.0991 e. The lowest BCUT2D eigenvalue weighted by Crippen LogP contribution is -2.36. The van der Waals surface area contributed by atoms with E-state index in [-0.39, 0.29) is 18.0 Å². The number of halogens is 2. The van der Waals surface area contributed by atoms with Crippen molar-refractivity contribution < 1.29 is 0 Å². The number of nitrogens with zero attached hydrogens (tertiary/aromatic N) is 2. The van der Waals surface area contributed by atoms with Crippen LogP contribution < -0.4 is 5.32 Å². The molecule has 0 spiro atoms. The van der Waals surface area contributed by atoms with E-state index in [4.69, 9.17) is 11.6 Å². The van der Waals surface area contributed by atoms with Crippen LogP contribution >= 0.6 is 34.2 Å². The zero-order chi connectivity index (χ0) is 22.9. The summed E-state index contributed by atoms with van der Waals surface area (Å²) in [4.78, 5) is 0. The number of nitriles is 2. The molecule has 5 heteroatoms. The number of nitrogens with one attached hydrogen (secondary N) is 1. The fraction of sp³-hybridized carbons (Fsp3) is 0.259. The zero-order valence-electron chi connectivity index (χ0n) is 17.9. The van der Waals surface area contributed by atoms with Crippen molar-refractivity contribution in [2.75, 3.05) is 0 Å². The molecule has 1 N–H and O–H groups in total. The first-order valence-corrected chi connectivity index (χ1v) is 12.5. The maximum absolute atomic E-state index is 9.44. The summed E-state index contributed by atoms with van der Waals surface area (Å²) in [5, 5.41) is 23.2. The second-order valence-electron chi connectivity index (χ2n) is 7.89. The molecule has 3 atom stereocenters. The minimum atomic E-state index is -0.174. The Hall–Kier alpha value is -2.38. The van der Waals surface area contributed by atoms with Crippen LogP contribution in [0.15, 0.2) is 72.8 Å². The Morgan fingerprint density at radius 3 is 2.34 bits per heavy atom. The van der Waals surface area contributed by atoms with Crippen LogP contribution in [0.4, 0.5) is 0 Å². The Morgan fingerprint density at radius 1 is 0.969 bits per heavy atom. The van der Waals surface area contributed by atoms with Crippen molar-refractivity contribution >= 4 is 34.2 Å². The summed E-state index contributed by atoms with van der Waals surface area (Å²) < 4.78 is 0.983. The van der Waals surface area contributed by atoms with E-state index in [9.17, 15) is 10.5 Å². The van der Waals surface area contributed by atoms with Crippen molar-refractivity contribution in [1.29, 1.82) is 10.5 Å². The molecule has 0 amide bonds. The monoisotopic (exact) mass is 553 g/mol. The average Bonchev–Trinajstić information content (AvgIpc) is 2.83. The number of rotatable bonds is 9. The van der Waals surface area contributed by atoms with Crippen LogP contribution in [0, 0.1) is 22.7 Å². The van der Waals surface area contributed by atoms with Gasteiger partial charge in [-0.25, -0.2) is 0 Å². The molecule has 1 unspecified atom stereocenters. The van der Waals surface area contributed by atoms with Gasteiger partial charge in [0.25, 0.3) is 0 Å². The quantitative estimate of drug-likeness (QED) is 0.227. The maximum atomic E-state index is 9.44. The minimum absolute atomic E-state index is 0.0443. The Bertz CT molecular complexity index is 1110. The van der Waals surface area contributed by atoms with E-state index >= 15 is 0 Å². The third-order valence-electron chi connectivity index (χ3n) is 5.72. The summed E-state index contributed by atoms with van der Waals surface area (Å²) >= 11 is 8.82. The van der Waals surface area contributed by atoms with Gasteiger partial charge in [0.1, 0.15) is 0 Å². The molecule has 0 heterocycles. The molecule has 0 radical (unpaired) electrons. The molecule has 0 aliphatic carbocycles. The molecule has 0 aliphatic rings. The molecule has 3 aromatic carbocycles. The van der Waals surface area contributed by atoms with Crippen LogP contribution in [-0.4, -0.2) is 6.04 Å². The van der Waals surface area contributed by atoms with E-state index in [0.717, 1.165) is 22.0 Å². The molecule has 0 aliphatic heterocycles. The number of hydrogen-bond donors (Lipinski definition) is 1. The molecule has 0 saturated heterocycles. The van der Waals surface area contributed by atoms with E-state index in [2.05, 4.69) is 77.3 Å². The molecule has 0 saturated carbocycles. The van der Waals surface area contributed by atoms with Crippen molar-refractivity contribution in [3.63, 3.8) is 0 Å². The SMILES string of the molecule is C[C@H](NC(CC#N)c1ccccc1Cl)[C@@H](Cc1ccc(CI)cc1)c1cccc(C#N)c1. The second-order valence-corrected chi connectivity index (χ2v) is 9.06. The largest absolute Gasteiger partial charge is 0.306 e. The molecule has 0 fully saturated rings. The van der Waals surface area contributed by atoms with Gasteiger partial charge in [-0.3, -0.25) is 0 Å². The van der Waals surface area contributed by atoms with Crippen LogP contribution in [0.2, 0.25) is 5.02 Å². The van der Waals surface area contributed by atoms with Gasteiger partial charge in [-0.1, -0.05) is 88.8 Å². The van der Waals surface area contributed by atoms with Gasteiger partial charge in [0.2, 0.25) is 0 Å². The number of benzene rings is 3. The first kappa shape index (κ1) is 24.3. The summed E-state index contributed by atoms with van der Waals surface area (Å²) in [6, 6.07) is 28.6. The molecule has 0 aromatic heterocycles. The van der Waals surface area contributed by atoms with Gasteiger partial charge in [0, 0.05) is 27.5 Å². The van der Waals surface area contributed by atoms with E-state index in [1.165, 1.54) is 11.1 Å². The van der Waals surface area contributed by atoms with Crippen molar-refractivity contribution in [1.82, 2.24) is 5.32 Å². The summed E-state index contributed by atoms with van der Waals surface area (Å²) in [7, 11) is 0. The fourth-order valence-corrected chi connectivity index (χ4v) is 4.76. The van der Waals surface area contributed by atoms with Gasteiger partial charge >= 0.3 is 0 Å². The van der Waals surface area contributed by atoms with Crippen molar-refractivity contribution in [3.8, 4) is 12.1 Å². The van der Waals surface area contributed by atoms with Gasteiger partial charge in [-0.2, -0.15) is 10.5 Å². The average molecular weight is 554 g/mol. The number of hydrogen-bond acceptors (Lipinski definition) is 3. The van der Waals surface area contributed by atoms with Gasteiger partial charge in [0.15, 0.2) is 0 Å². The highest BCUT2D eigenvalue weighted by atomic mass is 127. The lowest BCUT2D eigenvalue weighted by atomic mass is 9.85. The van der Waals surface area contributed by atoms with Crippen LogP contribution in [0.5, 0.6) is 0 Å². The van der Waals surface area contributed by atoms with Crippen LogP contribution in [0.25, 0.3) is 0 Å². The summed E-state index contributed by atoms with van der Waals surface area (Å²) in [6.07, 6.45) is 1.15. The molecular weight excluding hydrogens is 529 g/mol. The summed E-state index contributed by atoms with van der Waals surface area (Å²) in [6.45, 7) is 2.14. The predicted octanol–water partition coefficient (Wildman–Crippen LogP) is 7.11. The summed E-state index contributed by atoms with van der Waals surface area (Å²) in [5.74, 6) is 0.123. The van der Waals surface area contributed by atoms with Gasteiger partial charge in [-0.05, 0) is 53.8 Å². The number of alkyl halides is 1. The third-order valence-corrected chi connectivity index (χ3v) is 6.95. The lowest BCUT2D eigenvalue weighted by Gasteiger charge is -2.30. The van der Waals surface area contributed by atoms with Crippen LogP contribution in [0.1, 0.15) is 53.1 Å². The highest BCUT2D eigenvalue weighted by Gasteiger charge is 2.24.